The van der Waals surface area contributed by atoms with Gasteiger partial charge in [0.25, 0.3) is 0 Å². The van der Waals surface area contributed by atoms with Crippen LogP contribution in [0.5, 0.6) is 0 Å². The van der Waals surface area contributed by atoms with Crippen molar-refractivity contribution in [2.45, 2.75) is 0 Å². The summed E-state index contributed by atoms with van der Waals surface area (Å²) in [7, 11) is 0. The average molecular weight is 120 g/mol. The topological polar surface area (TPSA) is 66.0 Å². The molecular formula is C4H5LiN2O2. The van der Waals surface area contributed by atoms with Crippen molar-refractivity contribution in [1.29, 1.82) is 0 Å². The van der Waals surface area contributed by atoms with Crippen LogP contribution in [0.15, 0.2) is 12.5 Å². The second-order valence-corrected chi connectivity index (χ2v) is 1.26. The van der Waals surface area contributed by atoms with Crippen LogP contribution in [0.4, 0.5) is 0 Å². The van der Waals surface area contributed by atoms with Crippen molar-refractivity contribution in [1.82, 2.24) is 9.97 Å². The van der Waals surface area contributed by atoms with Gasteiger partial charge in [-0.1, -0.05) is 0 Å². The van der Waals surface area contributed by atoms with Crippen molar-refractivity contribution < 1.29 is 9.90 Å². The Morgan fingerprint density at radius 2 is 2.44 bits per heavy atom. The Hall–Kier alpha value is -0.723. The normalized spacial score (nSPS) is 8.00. The van der Waals surface area contributed by atoms with Gasteiger partial charge in [-0.3, -0.25) is 0 Å². The molecule has 1 rings (SSSR count). The van der Waals surface area contributed by atoms with E-state index in [0.717, 1.165) is 0 Å². The Balaban J connectivity index is 0.000000640. The number of aromatic carboxylic acids is 1. The van der Waals surface area contributed by atoms with Crippen LogP contribution in [-0.2, 0) is 0 Å². The number of rotatable bonds is 1. The SMILES string of the molecule is O=C(O)c1c[nH]cn1.[LiH]. The third kappa shape index (κ3) is 1.92. The van der Waals surface area contributed by atoms with Gasteiger partial charge in [0.05, 0.1) is 6.33 Å². The molecule has 0 spiro atoms. The van der Waals surface area contributed by atoms with Gasteiger partial charge in [0.1, 0.15) is 0 Å². The van der Waals surface area contributed by atoms with Gasteiger partial charge >= 0.3 is 24.8 Å². The summed E-state index contributed by atoms with van der Waals surface area (Å²) in [4.78, 5) is 16.0. The monoisotopic (exact) mass is 120 g/mol. The van der Waals surface area contributed by atoms with Gasteiger partial charge in [-0.05, 0) is 0 Å². The summed E-state index contributed by atoms with van der Waals surface area (Å²) >= 11 is 0. The molecule has 2 N–H and O–H groups in total. The predicted octanol–water partition coefficient (Wildman–Crippen LogP) is -0.541. The average Bonchev–Trinajstić information content (AvgIpc) is 2.12. The zero-order valence-electron chi connectivity index (χ0n) is 3.96. The van der Waals surface area contributed by atoms with E-state index < -0.39 is 5.97 Å². The van der Waals surface area contributed by atoms with E-state index in [1.807, 2.05) is 0 Å². The van der Waals surface area contributed by atoms with Gasteiger partial charge in [0.2, 0.25) is 0 Å². The first-order valence-electron chi connectivity index (χ1n) is 2.03. The van der Waals surface area contributed by atoms with Crippen LogP contribution in [0.2, 0.25) is 0 Å². The molecule has 44 valence electrons. The van der Waals surface area contributed by atoms with Crippen molar-refractivity contribution in [3.63, 3.8) is 0 Å². The van der Waals surface area contributed by atoms with Crippen LogP contribution in [-0.4, -0.2) is 39.9 Å². The molecule has 0 radical (unpaired) electrons. The van der Waals surface area contributed by atoms with Gasteiger partial charge in [0, 0.05) is 6.20 Å². The van der Waals surface area contributed by atoms with E-state index in [1.54, 1.807) is 0 Å². The van der Waals surface area contributed by atoms with Crippen LogP contribution in [0.3, 0.4) is 0 Å². The van der Waals surface area contributed by atoms with Gasteiger partial charge < -0.3 is 10.1 Å². The molecule has 1 aromatic rings. The number of hydrogen-bond donors (Lipinski definition) is 2. The molecular weight excluding hydrogens is 115 g/mol. The minimum atomic E-state index is -1.01. The fourth-order valence-corrected chi connectivity index (χ4v) is 0.377. The van der Waals surface area contributed by atoms with Crippen molar-refractivity contribution in [2.24, 2.45) is 0 Å². The number of carbonyl (C=O) groups is 1. The van der Waals surface area contributed by atoms with Crippen molar-refractivity contribution in [3.8, 4) is 0 Å². The van der Waals surface area contributed by atoms with Crippen LogP contribution >= 0.6 is 0 Å². The molecule has 0 unspecified atom stereocenters. The van der Waals surface area contributed by atoms with E-state index in [4.69, 9.17) is 5.11 Å². The summed E-state index contributed by atoms with van der Waals surface area (Å²) in [6, 6.07) is 0. The summed E-state index contributed by atoms with van der Waals surface area (Å²) in [5.74, 6) is -1.01. The molecule has 0 aliphatic heterocycles. The number of aromatic nitrogens is 2. The third-order valence-corrected chi connectivity index (χ3v) is 0.717. The second-order valence-electron chi connectivity index (χ2n) is 1.26. The number of carboxylic acids is 1. The molecule has 0 aliphatic rings. The van der Waals surface area contributed by atoms with Crippen LogP contribution in [0.25, 0.3) is 0 Å². The van der Waals surface area contributed by atoms with Gasteiger partial charge in [0.15, 0.2) is 5.69 Å². The molecule has 9 heavy (non-hydrogen) atoms. The third-order valence-electron chi connectivity index (χ3n) is 0.717. The molecule has 1 heterocycles. The van der Waals surface area contributed by atoms with Crippen LogP contribution in [0, 0.1) is 0 Å². The van der Waals surface area contributed by atoms with Gasteiger partial charge in [-0.25, -0.2) is 9.78 Å². The van der Waals surface area contributed by atoms with Crippen molar-refractivity contribution in [3.05, 3.63) is 18.2 Å². The summed E-state index contributed by atoms with van der Waals surface area (Å²) in [6.07, 6.45) is 2.64. The van der Waals surface area contributed by atoms with E-state index >= 15 is 0 Å². The van der Waals surface area contributed by atoms with E-state index in [1.165, 1.54) is 12.5 Å². The maximum atomic E-state index is 9.98. The number of hydrogen-bond acceptors (Lipinski definition) is 2. The first-order chi connectivity index (χ1) is 3.80. The molecule has 0 atom stereocenters. The van der Waals surface area contributed by atoms with Crippen molar-refractivity contribution in [2.75, 3.05) is 0 Å². The van der Waals surface area contributed by atoms with E-state index in [2.05, 4.69) is 9.97 Å². The quantitative estimate of drug-likeness (QED) is 0.489. The Kier molecular flexibility index (Phi) is 3.06. The predicted molar refractivity (Wildman–Crippen MR) is 32.7 cm³/mol. The zero-order chi connectivity index (χ0) is 5.98. The Bertz CT molecular complexity index is 184. The Morgan fingerprint density at radius 1 is 1.78 bits per heavy atom. The first kappa shape index (κ1) is 8.28. The second kappa shape index (κ2) is 3.33. The molecule has 0 aromatic carbocycles. The minimum absolute atomic E-state index is 0. The number of aromatic amines is 1. The molecule has 0 saturated carbocycles. The molecule has 5 heteroatoms. The van der Waals surface area contributed by atoms with Crippen molar-refractivity contribution >= 4 is 24.8 Å². The van der Waals surface area contributed by atoms with Gasteiger partial charge in [-0.15, -0.1) is 0 Å². The van der Waals surface area contributed by atoms with Gasteiger partial charge in [-0.2, -0.15) is 0 Å². The molecule has 0 aliphatic carbocycles. The Morgan fingerprint density at radius 3 is 2.67 bits per heavy atom. The zero-order valence-corrected chi connectivity index (χ0v) is 3.96. The number of imidazole rings is 1. The molecule has 4 nitrogen and oxygen atoms in total. The number of carboxylic acid groups (broad SMARTS) is 1. The standard InChI is InChI=1S/C4H4N2O2.Li.H/c7-4(8)3-1-5-2-6-3;;/h1-2H,(H,5,6)(H,7,8);;. The van der Waals surface area contributed by atoms with E-state index in [9.17, 15) is 4.79 Å². The number of nitrogens with zero attached hydrogens (tertiary/aromatic N) is 1. The summed E-state index contributed by atoms with van der Waals surface area (Å²) in [6.45, 7) is 0. The fraction of sp³-hybridized carbons (Fsp3) is 0. The van der Waals surface area contributed by atoms with E-state index in [-0.39, 0.29) is 24.6 Å². The fourth-order valence-electron chi connectivity index (χ4n) is 0.377. The Labute approximate surface area is 63.5 Å². The number of nitrogens with one attached hydrogen (secondary N) is 1. The summed E-state index contributed by atoms with van der Waals surface area (Å²) in [5.41, 5.74) is 0.0463. The van der Waals surface area contributed by atoms with E-state index in [0.29, 0.717) is 0 Å². The maximum absolute atomic E-state index is 9.98. The van der Waals surface area contributed by atoms with Crippen LogP contribution < -0.4 is 0 Å². The molecule has 0 fully saturated rings. The molecule has 1 aromatic heterocycles. The molecule has 0 amide bonds. The van der Waals surface area contributed by atoms with Crippen LogP contribution in [0.1, 0.15) is 10.5 Å². The number of H-pyrrole nitrogens is 1. The molecule has 0 saturated heterocycles. The summed E-state index contributed by atoms with van der Waals surface area (Å²) in [5, 5.41) is 8.19. The first-order valence-corrected chi connectivity index (χ1v) is 2.03. The molecule has 0 bridgehead atoms. The summed E-state index contributed by atoms with van der Waals surface area (Å²) < 4.78 is 0.